The van der Waals surface area contributed by atoms with Crippen molar-refractivity contribution in [1.82, 2.24) is 0 Å². The van der Waals surface area contributed by atoms with Gasteiger partial charge in [0, 0.05) is 44.6 Å². The van der Waals surface area contributed by atoms with E-state index in [1.807, 2.05) is 12.1 Å². The Labute approximate surface area is 301 Å². The average molecular weight is 668 g/mol. The largest absolute Gasteiger partial charge is 0.456 e. The molecule has 0 bridgehead atoms. The van der Waals surface area contributed by atoms with Crippen molar-refractivity contribution < 1.29 is 8.83 Å². The second-order valence-corrected chi connectivity index (χ2v) is 14.5. The summed E-state index contributed by atoms with van der Waals surface area (Å²) in [5.41, 5.74) is 14.0. The summed E-state index contributed by atoms with van der Waals surface area (Å²) in [6.45, 7) is 4.68. The molecular formula is C49H33NO2. The van der Waals surface area contributed by atoms with Gasteiger partial charge in [-0.05, 0) is 93.2 Å². The first kappa shape index (κ1) is 29.2. The summed E-state index contributed by atoms with van der Waals surface area (Å²) in [4.78, 5) is 2.40. The van der Waals surface area contributed by atoms with Crippen molar-refractivity contribution in [3.63, 3.8) is 0 Å². The third kappa shape index (κ3) is 4.14. The zero-order valence-electron chi connectivity index (χ0n) is 28.9. The molecule has 0 unspecified atom stereocenters. The van der Waals surface area contributed by atoms with Crippen LogP contribution in [-0.4, -0.2) is 0 Å². The molecule has 3 nitrogen and oxygen atoms in total. The van der Waals surface area contributed by atoms with Gasteiger partial charge in [-0.2, -0.15) is 0 Å². The molecule has 1 aliphatic carbocycles. The molecule has 0 radical (unpaired) electrons. The number of fused-ring (bicyclic) bond motifs is 10. The van der Waals surface area contributed by atoms with E-state index in [0.717, 1.165) is 77.5 Å². The van der Waals surface area contributed by atoms with Crippen LogP contribution in [-0.2, 0) is 5.41 Å². The minimum atomic E-state index is -0.149. The van der Waals surface area contributed by atoms with E-state index < -0.39 is 0 Å². The number of hydrogen-bond donors (Lipinski definition) is 0. The topological polar surface area (TPSA) is 29.5 Å². The standard InChI is InChI=1S/C49H33NO2/c1-49(2)41-18-10-8-16-36(41)37-22-20-33(28-42(37)49)50(34-21-23-39-38-17-9-11-19-44(38)51-46(39)29-34)43-25-24-35(30-12-4-3-5-13-30)48-47(43)40-26-31-14-6-7-15-32(31)27-45(40)52-48/h3-29H,1-2H3. The summed E-state index contributed by atoms with van der Waals surface area (Å²) >= 11 is 0. The number of para-hydroxylation sites is 1. The quantitative estimate of drug-likeness (QED) is 0.187. The van der Waals surface area contributed by atoms with Gasteiger partial charge in [0.05, 0.1) is 11.1 Å². The Morgan fingerprint density at radius 3 is 1.98 bits per heavy atom. The second-order valence-electron chi connectivity index (χ2n) is 14.5. The van der Waals surface area contributed by atoms with E-state index in [-0.39, 0.29) is 5.41 Å². The van der Waals surface area contributed by atoms with Crippen molar-refractivity contribution in [3.8, 4) is 22.3 Å². The van der Waals surface area contributed by atoms with Gasteiger partial charge in [-0.3, -0.25) is 0 Å². The van der Waals surface area contributed by atoms with E-state index in [0.29, 0.717) is 0 Å². The lowest BCUT2D eigenvalue weighted by Gasteiger charge is -2.29. The SMILES string of the molecule is CC1(C)c2ccccc2-c2ccc(N(c3ccc4c(c3)oc3ccccc34)c3ccc(-c4ccccc4)c4oc5cc6ccccc6cc5c34)cc21. The molecule has 0 saturated carbocycles. The third-order valence-corrected chi connectivity index (χ3v) is 11.2. The minimum absolute atomic E-state index is 0.149. The first-order valence-electron chi connectivity index (χ1n) is 17.9. The van der Waals surface area contributed by atoms with Gasteiger partial charge in [-0.15, -0.1) is 0 Å². The molecule has 3 heteroatoms. The van der Waals surface area contributed by atoms with E-state index in [4.69, 9.17) is 8.83 Å². The number of anilines is 3. The van der Waals surface area contributed by atoms with Gasteiger partial charge in [0.2, 0.25) is 0 Å². The lowest BCUT2D eigenvalue weighted by Crippen LogP contribution is -2.16. The van der Waals surface area contributed by atoms with Crippen LogP contribution >= 0.6 is 0 Å². The van der Waals surface area contributed by atoms with Crippen LogP contribution in [0.1, 0.15) is 25.0 Å². The van der Waals surface area contributed by atoms with Crippen molar-refractivity contribution >= 4 is 71.7 Å². The zero-order chi connectivity index (χ0) is 34.6. The van der Waals surface area contributed by atoms with Gasteiger partial charge in [0.1, 0.15) is 22.3 Å². The highest BCUT2D eigenvalue weighted by atomic mass is 16.3. The molecule has 10 aromatic rings. The van der Waals surface area contributed by atoms with Crippen molar-refractivity contribution in [3.05, 3.63) is 175 Å². The highest BCUT2D eigenvalue weighted by Crippen LogP contribution is 2.52. The fraction of sp³-hybridized carbons (Fsp3) is 0.0612. The maximum atomic E-state index is 6.92. The Hall–Kier alpha value is -6.58. The summed E-state index contributed by atoms with van der Waals surface area (Å²) < 4.78 is 13.4. The molecule has 8 aromatic carbocycles. The lowest BCUT2D eigenvalue weighted by atomic mass is 9.82. The fourth-order valence-electron chi connectivity index (χ4n) is 8.69. The van der Waals surface area contributed by atoms with Gasteiger partial charge >= 0.3 is 0 Å². The van der Waals surface area contributed by atoms with Crippen LogP contribution in [0, 0.1) is 0 Å². The monoisotopic (exact) mass is 667 g/mol. The Balaban J connectivity index is 1.23. The molecule has 0 N–H and O–H groups in total. The van der Waals surface area contributed by atoms with Gasteiger partial charge < -0.3 is 13.7 Å². The van der Waals surface area contributed by atoms with E-state index >= 15 is 0 Å². The predicted molar refractivity (Wildman–Crippen MR) is 216 cm³/mol. The Morgan fingerprint density at radius 1 is 0.442 bits per heavy atom. The number of hydrogen-bond acceptors (Lipinski definition) is 3. The summed E-state index contributed by atoms with van der Waals surface area (Å²) in [6.07, 6.45) is 0. The Bertz CT molecular complexity index is 3050. The Morgan fingerprint density at radius 2 is 1.10 bits per heavy atom. The van der Waals surface area contributed by atoms with Gasteiger partial charge in [0.15, 0.2) is 0 Å². The van der Waals surface area contributed by atoms with E-state index in [1.54, 1.807) is 0 Å². The van der Waals surface area contributed by atoms with Crippen LogP contribution < -0.4 is 4.90 Å². The second kappa shape index (κ2) is 10.7. The van der Waals surface area contributed by atoms with Crippen LogP contribution in [0.2, 0.25) is 0 Å². The van der Waals surface area contributed by atoms with Crippen molar-refractivity contribution in [1.29, 1.82) is 0 Å². The van der Waals surface area contributed by atoms with Gasteiger partial charge in [0.25, 0.3) is 0 Å². The smallest absolute Gasteiger partial charge is 0.145 e. The molecule has 1 aliphatic rings. The summed E-state index contributed by atoms with van der Waals surface area (Å²) in [5.74, 6) is 0. The molecule has 0 spiro atoms. The number of benzene rings is 8. The van der Waals surface area contributed by atoms with E-state index in [2.05, 4.69) is 170 Å². The molecule has 0 aliphatic heterocycles. The maximum Gasteiger partial charge on any atom is 0.145 e. The fourth-order valence-corrected chi connectivity index (χ4v) is 8.69. The molecule has 0 fully saturated rings. The summed E-state index contributed by atoms with van der Waals surface area (Å²) in [7, 11) is 0. The normalized spacial score (nSPS) is 13.3. The predicted octanol–water partition coefficient (Wildman–Crippen LogP) is 14.1. The van der Waals surface area contributed by atoms with E-state index in [9.17, 15) is 0 Å². The zero-order valence-corrected chi connectivity index (χ0v) is 28.9. The van der Waals surface area contributed by atoms with Gasteiger partial charge in [-0.1, -0.05) is 117 Å². The number of rotatable bonds is 4. The van der Waals surface area contributed by atoms with Crippen molar-refractivity contribution in [2.24, 2.45) is 0 Å². The van der Waals surface area contributed by atoms with Crippen LogP contribution in [0.4, 0.5) is 17.1 Å². The summed E-state index contributed by atoms with van der Waals surface area (Å²) in [5, 5.41) is 6.73. The highest BCUT2D eigenvalue weighted by molar-refractivity contribution is 6.19. The molecule has 2 heterocycles. The highest BCUT2D eigenvalue weighted by Gasteiger charge is 2.36. The Kier molecular flexibility index (Phi) is 6.01. The molecule has 246 valence electrons. The average Bonchev–Trinajstić information content (AvgIpc) is 3.82. The van der Waals surface area contributed by atoms with Crippen LogP contribution in [0.3, 0.4) is 0 Å². The maximum absolute atomic E-state index is 6.92. The van der Waals surface area contributed by atoms with E-state index in [1.165, 1.54) is 27.6 Å². The molecule has 52 heavy (non-hydrogen) atoms. The van der Waals surface area contributed by atoms with Gasteiger partial charge in [-0.25, -0.2) is 0 Å². The first-order chi connectivity index (χ1) is 25.5. The lowest BCUT2D eigenvalue weighted by molar-refractivity contribution is 0.660. The number of furan rings is 2. The molecular weight excluding hydrogens is 635 g/mol. The molecule has 11 rings (SSSR count). The summed E-state index contributed by atoms with van der Waals surface area (Å²) in [6, 6.07) is 58.7. The van der Waals surface area contributed by atoms with Crippen LogP contribution in [0.5, 0.6) is 0 Å². The van der Waals surface area contributed by atoms with Crippen molar-refractivity contribution in [2.45, 2.75) is 19.3 Å². The molecule has 0 amide bonds. The third-order valence-electron chi connectivity index (χ3n) is 11.2. The molecule has 0 atom stereocenters. The van der Waals surface area contributed by atoms with Crippen LogP contribution in [0.15, 0.2) is 173 Å². The molecule has 0 saturated heterocycles. The first-order valence-corrected chi connectivity index (χ1v) is 17.9. The minimum Gasteiger partial charge on any atom is -0.456 e. The molecule has 2 aromatic heterocycles. The number of nitrogens with zero attached hydrogens (tertiary/aromatic N) is 1. The van der Waals surface area contributed by atoms with Crippen LogP contribution in [0.25, 0.3) is 76.9 Å². The van der Waals surface area contributed by atoms with Crippen molar-refractivity contribution in [2.75, 3.05) is 4.90 Å².